The van der Waals surface area contributed by atoms with Gasteiger partial charge in [-0.25, -0.2) is 0 Å². The first-order valence-corrected chi connectivity index (χ1v) is 15.1. The molecular weight excluding hydrogens is 413 g/mol. The molecule has 4 aromatic carbocycles. The number of hydrogen-bond donors (Lipinski definition) is 1. The molecular formula is C24H21O2P3. The van der Waals surface area contributed by atoms with Gasteiger partial charge < -0.3 is 9.46 Å². The van der Waals surface area contributed by atoms with E-state index < -0.39 is 13.6 Å². The van der Waals surface area contributed by atoms with Crippen molar-refractivity contribution in [3.8, 4) is 0 Å². The minimum atomic E-state index is -3.10. The molecule has 4 rings (SSSR count). The quantitative estimate of drug-likeness (QED) is 0.430. The van der Waals surface area contributed by atoms with Gasteiger partial charge in [-0.2, -0.15) is 0 Å². The summed E-state index contributed by atoms with van der Waals surface area (Å²) in [5.41, 5.74) is 0. The van der Waals surface area contributed by atoms with Crippen LogP contribution in [0.25, 0.3) is 0 Å². The molecule has 0 saturated heterocycles. The van der Waals surface area contributed by atoms with Gasteiger partial charge in [-0.3, -0.25) is 0 Å². The molecule has 0 unspecified atom stereocenters. The van der Waals surface area contributed by atoms with E-state index in [1.54, 1.807) is 0 Å². The van der Waals surface area contributed by atoms with Gasteiger partial charge in [0.05, 0.1) is 6.78 Å². The first kappa shape index (κ1) is 20.1. The van der Waals surface area contributed by atoms with Crippen molar-refractivity contribution >= 4 is 42.4 Å². The van der Waals surface area contributed by atoms with Crippen LogP contribution in [0.4, 0.5) is 0 Å². The highest BCUT2D eigenvalue weighted by Gasteiger charge is 2.32. The molecule has 0 amide bonds. The van der Waals surface area contributed by atoms with E-state index in [0.717, 1.165) is 21.2 Å². The van der Waals surface area contributed by atoms with E-state index in [2.05, 4.69) is 0 Å². The van der Waals surface area contributed by atoms with Crippen molar-refractivity contribution in [3.63, 3.8) is 0 Å². The van der Waals surface area contributed by atoms with E-state index in [4.69, 9.17) is 0 Å². The number of rotatable bonds is 5. The van der Waals surface area contributed by atoms with Crippen LogP contribution in [0.3, 0.4) is 0 Å². The Morgan fingerprint density at radius 3 is 1.07 bits per heavy atom. The van der Waals surface area contributed by atoms with E-state index in [9.17, 15) is 9.46 Å². The minimum Gasteiger partial charge on any atom is -0.363 e. The Balaban J connectivity index is 2.06. The first-order chi connectivity index (χ1) is 14.1. The summed E-state index contributed by atoms with van der Waals surface area (Å²) in [6.07, 6.45) is 0. The maximum Gasteiger partial charge on any atom is 0.190 e. The molecule has 0 spiro atoms. The summed E-state index contributed by atoms with van der Waals surface area (Å²) in [6.45, 7) is -6.02. The zero-order valence-electron chi connectivity index (χ0n) is 15.7. The van der Waals surface area contributed by atoms with Crippen LogP contribution in [-0.2, 0) is 4.57 Å². The van der Waals surface area contributed by atoms with Crippen molar-refractivity contribution in [1.29, 1.82) is 0 Å². The second-order valence-corrected chi connectivity index (χ2v) is 16.8. The molecule has 0 atom stereocenters. The second kappa shape index (κ2) is 8.66. The molecule has 2 nitrogen and oxygen atoms in total. The third-order valence-electron chi connectivity index (χ3n) is 4.70. The molecule has 1 N–H and O–H groups in total. The lowest BCUT2D eigenvalue weighted by Gasteiger charge is -2.24. The van der Waals surface area contributed by atoms with Crippen LogP contribution in [0.15, 0.2) is 121 Å². The monoisotopic (exact) mass is 434 g/mol. The molecule has 0 aliphatic carbocycles. The van der Waals surface area contributed by atoms with Crippen molar-refractivity contribution in [2.75, 3.05) is 0 Å². The lowest BCUT2D eigenvalue weighted by molar-refractivity contribution is 0.595. The van der Waals surface area contributed by atoms with E-state index >= 15 is 0 Å². The fourth-order valence-electron chi connectivity index (χ4n) is 3.22. The molecule has 0 heterocycles. The zero-order valence-corrected chi connectivity index (χ0v) is 18.4. The number of benzene rings is 4. The van der Waals surface area contributed by atoms with Gasteiger partial charge in [0, 0.05) is 28.8 Å². The van der Waals surface area contributed by atoms with Gasteiger partial charge in [0.15, 0.2) is 6.83 Å². The van der Waals surface area contributed by atoms with Gasteiger partial charge in [-0.15, -0.1) is 0 Å². The predicted molar refractivity (Wildman–Crippen MR) is 128 cm³/mol. The van der Waals surface area contributed by atoms with Gasteiger partial charge in [-0.05, 0) is 0 Å². The Kier molecular flexibility index (Phi) is 6.00. The number of hydrogen-bond acceptors (Lipinski definition) is 1. The minimum absolute atomic E-state index is 0.541. The van der Waals surface area contributed by atoms with Crippen LogP contribution in [0.5, 0.6) is 0 Å². The fourth-order valence-corrected chi connectivity index (χ4v) is 17.9. The third-order valence-corrected chi connectivity index (χ3v) is 18.1. The molecule has 0 aliphatic rings. The molecule has 5 heteroatoms. The normalized spacial score (nSPS) is 12.0. The highest BCUT2D eigenvalue weighted by Crippen LogP contribution is 2.69. The summed E-state index contributed by atoms with van der Waals surface area (Å²) >= 11 is 0. The maximum absolute atomic E-state index is 14.6. The Bertz CT molecular complexity index is 1090. The average molecular weight is 434 g/mol. The summed E-state index contributed by atoms with van der Waals surface area (Å²) in [5.74, 6) is 0. The summed E-state index contributed by atoms with van der Waals surface area (Å²) in [5, 5.41) is 3.19. The third kappa shape index (κ3) is 4.09. The van der Waals surface area contributed by atoms with Gasteiger partial charge in [-0.1, -0.05) is 121 Å². The highest BCUT2D eigenvalue weighted by molar-refractivity contribution is 8.47. The molecule has 0 aromatic heterocycles. The molecule has 0 bridgehead atoms. The summed E-state index contributed by atoms with van der Waals surface area (Å²) < 4.78 is 14.6. The van der Waals surface area contributed by atoms with Gasteiger partial charge in [0.1, 0.15) is 0 Å². The van der Waals surface area contributed by atoms with Crippen LogP contribution in [0.2, 0.25) is 0 Å². The Labute approximate surface area is 173 Å². The van der Waals surface area contributed by atoms with Gasteiger partial charge in [0.25, 0.3) is 0 Å². The zero-order chi connectivity index (χ0) is 20.2. The van der Waals surface area contributed by atoms with Crippen LogP contribution in [0, 0.1) is 0 Å². The van der Waals surface area contributed by atoms with Crippen molar-refractivity contribution < 1.29 is 9.46 Å². The Morgan fingerprint density at radius 2 is 0.759 bits per heavy atom. The molecule has 29 heavy (non-hydrogen) atoms. The van der Waals surface area contributed by atoms with Gasteiger partial charge in [0.2, 0.25) is 0 Å². The van der Waals surface area contributed by atoms with Crippen LogP contribution >= 0.6 is 21.2 Å². The Morgan fingerprint density at radius 1 is 0.483 bits per heavy atom. The SMILES string of the molecule is O=P(P=P(O)(c1ccccc1)c1ccccc1)(c1ccccc1)c1ccccc1. The van der Waals surface area contributed by atoms with E-state index in [-0.39, 0.29) is 0 Å². The van der Waals surface area contributed by atoms with Crippen LogP contribution in [0.1, 0.15) is 0 Å². The van der Waals surface area contributed by atoms with Crippen molar-refractivity contribution in [2.24, 2.45) is 0 Å². The predicted octanol–water partition coefficient (Wildman–Crippen LogP) is 5.35. The largest absolute Gasteiger partial charge is 0.363 e. The van der Waals surface area contributed by atoms with Crippen molar-refractivity contribution in [2.45, 2.75) is 0 Å². The Hall–Kier alpha value is -2.20. The maximum atomic E-state index is 14.6. The average Bonchev–Trinajstić information content (AvgIpc) is 2.81. The topological polar surface area (TPSA) is 37.3 Å². The van der Waals surface area contributed by atoms with Crippen molar-refractivity contribution in [1.82, 2.24) is 0 Å². The van der Waals surface area contributed by atoms with E-state index in [0.29, 0.717) is 7.56 Å². The molecule has 0 aliphatic heterocycles. The fraction of sp³-hybridized carbons (Fsp3) is 0. The van der Waals surface area contributed by atoms with Crippen molar-refractivity contribution in [3.05, 3.63) is 121 Å². The van der Waals surface area contributed by atoms with E-state index in [1.807, 2.05) is 121 Å². The van der Waals surface area contributed by atoms with Gasteiger partial charge >= 0.3 is 0 Å². The van der Waals surface area contributed by atoms with E-state index in [1.165, 1.54) is 0 Å². The van der Waals surface area contributed by atoms with Crippen LogP contribution < -0.4 is 21.2 Å². The summed E-state index contributed by atoms with van der Waals surface area (Å²) in [6, 6.07) is 38.4. The standard InChI is InChI=1S/C24H21O2P3/c25-28(21-13-5-1-6-14-21,22-15-7-2-8-16-22)27-29(26,23-17-9-3-10-18-23)24-19-11-4-12-20-24/h1-20,25H. The smallest absolute Gasteiger partial charge is 0.190 e. The summed E-state index contributed by atoms with van der Waals surface area (Å²) in [7, 11) is 0.541. The molecule has 0 fully saturated rings. The molecule has 4 aromatic rings. The molecule has 0 radical (unpaired) electrons. The molecule has 0 saturated carbocycles. The lowest BCUT2D eigenvalue weighted by atomic mass is 10.4. The lowest BCUT2D eigenvalue weighted by Crippen LogP contribution is -2.16. The summed E-state index contributed by atoms with van der Waals surface area (Å²) in [4.78, 5) is 12.1. The highest BCUT2D eigenvalue weighted by atomic mass is 32.3. The first-order valence-electron chi connectivity index (χ1n) is 9.32. The van der Waals surface area contributed by atoms with Crippen LogP contribution in [-0.4, -0.2) is 4.89 Å². The molecule has 144 valence electrons. The second-order valence-electron chi connectivity index (χ2n) is 6.61.